The van der Waals surface area contributed by atoms with E-state index in [1.165, 1.54) is 0 Å². The molecule has 1 unspecified atom stereocenters. The molecule has 6 heavy (non-hydrogen) atoms. The molecule has 0 aromatic rings. The van der Waals surface area contributed by atoms with Crippen molar-refractivity contribution in [1.29, 1.82) is 0 Å². The molecule has 0 amide bonds. The van der Waals surface area contributed by atoms with Gasteiger partial charge in [0.1, 0.15) is 0 Å². The van der Waals surface area contributed by atoms with Crippen LogP contribution in [0.1, 0.15) is 0 Å². The van der Waals surface area contributed by atoms with Crippen LogP contribution < -0.4 is 0 Å². The molecular formula is C2HFNOP. The normalized spacial score (nSPS) is 9.00. The molecule has 4 heteroatoms. The summed E-state index contributed by atoms with van der Waals surface area (Å²) in [4.78, 5) is 9.02. The summed E-state index contributed by atoms with van der Waals surface area (Å²) in [6, 6.07) is 0. The van der Waals surface area contributed by atoms with Gasteiger partial charge in [0.05, 0.1) is 0 Å². The van der Waals surface area contributed by atoms with Gasteiger partial charge in [0.2, 0.25) is 13.9 Å². The van der Waals surface area contributed by atoms with E-state index in [-0.39, 0.29) is 0 Å². The molecule has 0 bridgehead atoms. The van der Waals surface area contributed by atoms with Gasteiger partial charge in [0.15, 0.2) is 0 Å². The highest BCUT2D eigenvalue weighted by Gasteiger charge is 1.68. The van der Waals surface area contributed by atoms with Gasteiger partial charge in [-0.25, -0.2) is 4.79 Å². The van der Waals surface area contributed by atoms with Crippen LogP contribution in [0.25, 0.3) is 0 Å². The Kier molecular flexibility index (Phi) is 2.35. The first-order valence-corrected chi connectivity index (χ1v) is 2.31. The van der Waals surface area contributed by atoms with E-state index >= 15 is 0 Å². The molecule has 32 valence electrons. The smallest absolute Gasteiger partial charge is 0.211 e. The summed E-state index contributed by atoms with van der Waals surface area (Å²) in [6.45, 7) is 0. The standard InChI is InChI=1S/C2HFNOP/c1-6(3)4-2-5/h1H. The Labute approximate surface area is 34.9 Å². The van der Waals surface area contributed by atoms with E-state index in [1.807, 2.05) is 0 Å². The molecule has 0 aliphatic rings. The van der Waals surface area contributed by atoms with Crippen molar-refractivity contribution in [2.45, 2.75) is 0 Å². The van der Waals surface area contributed by atoms with Crippen LogP contribution in [0.5, 0.6) is 0 Å². The van der Waals surface area contributed by atoms with Crippen molar-refractivity contribution in [1.82, 2.24) is 0 Å². The highest BCUT2D eigenvalue weighted by molar-refractivity contribution is 7.39. The Morgan fingerprint density at radius 2 is 2.50 bits per heavy atom. The Morgan fingerprint density at radius 1 is 2.00 bits per heavy atom. The molecule has 0 fully saturated rings. The molecule has 0 saturated carbocycles. The van der Waals surface area contributed by atoms with Crippen LogP contribution in [0.3, 0.4) is 0 Å². The zero-order valence-electron chi connectivity index (χ0n) is 2.76. The highest BCUT2D eigenvalue weighted by Crippen LogP contribution is 2.16. The van der Waals surface area contributed by atoms with Crippen LogP contribution in [0.2, 0.25) is 0 Å². The first-order valence-electron chi connectivity index (χ1n) is 1.05. The lowest BCUT2D eigenvalue weighted by molar-refractivity contribution is 0.566. The third kappa shape index (κ3) is 3.39. The number of hydrogen-bond donors (Lipinski definition) is 0. The fraction of sp³-hybridized carbons (Fsp3) is 0. The minimum atomic E-state index is -2.40. The second kappa shape index (κ2) is 2.62. The summed E-state index contributed by atoms with van der Waals surface area (Å²) < 4.78 is 13.6. The molecule has 0 aliphatic carbocycles. The van der Waals surface area contributed by atoms with Crippen molar-refractivity contribution >= 4 is 13.9 Å². The molecule has 2 nitrogen and oxygen atoms in total. The minimum absolute atomic E-state index is 0.971. The van der Waals surface area contributed by atoms with Gasteiger partial charge in [0.25, 0.3) is 0 Å². The van der Waals surface area contributed by atoms with Crippen LogP contribution in [-0.4, -0.2) is 6.08 Å². The fourth-order valence-electron chi connectivity index (χ4n) is 0.0390. The third-order valence-electron chi connectivity index (χ3n) is 0.136. The molecule has 0 aromatic heterocycles. The highest BCUT2D eigenvalue weighted by atomic mass is 31.1. The summed E-state index contributed by atoms with van der Waals surface area (Å²) in [5, 5.41) is 0. The van der Waals surface area contributed by atoms with Crippen LogP contribution in [0, 0.1) is 6.13 Å². The average Bonchev–Trinajstić information content (AvgIpc) is 1.35. The fourth-order valence-corrected chi connectivity index (χ4v) is 0.117. The Bertz CT molecular complexity index is 139. The van der Waals surface area contributed by atoms with Gasteiger partial charge in [0, 0.05) is 0 Å². The minimum Gasteiger partial charge on any atom is -0.211 e. The van der Waals surface area contributed by atoms with Crippen LogP contribution in [-0.2, 0) is 4.79 Å². The second-order valence-electron chi connectivity index (χ2n) is 0.480. The second-order valence-corrected chi connectivity index (χ2v) is 1.26. The number of hydrogen-bond acceptors (Lipinski definition) is 2. The molecule has 0 radical (unpaired) electrons. The summed E-state index contributed by atoms with van der Waals surface area (Å²) >= 11 is 0. The van der Waals surface area contributed by atoms with E-state index in [0.717, 1.165) is 6.08 Å². The van der Waals surface area contributed by atoms with Crippen LogP contribution in [0.4, 0.5) is 4.20 Å². The molecule has 0 heterocycles. The van der Waals surface area contributed by atoms with Crippen molar-refractivity contribution in [2.75, 3.05) is 0 Å². The maximum absolute atomic E-state index is 11.1. The van der Waals surface area contributed by atoms with Crippen LogP contribution >= 0.6 is 7.84 Å². The number of halogens is 1. The molecule has 1 atom stereocenters. The Hall–Kier alpha value is -0.610. The quantitative estimate of drug-likeness (QED) is 0.258. The monoisotopic (exact) mass is 105 g/mol. The lowest BCUT2D eigenvalue weighted by atomic mass is 11.7. The van der Waals surface area contributed by atoms with Crippen molar-refractivity contribution < 1.29 is 8.99 Å². The van der Waals surface area contributed by atoms with Gasteiger partial charge in [-0.2, -0.15) is 4.20 Å². The number of rotatable bonds is 0. The summed E-state index contributed by atoms with van der Waals surface area (Å²) in [5.74, 6) is 0. The maximum atomic E-state index is 11.1. The van der Waals surface area contributed by atoms with E-state index in [4.69, 9.17) is 4.79 Å². The maximum Gasteiger partial charge on any atom is 0.246 e. The van der Waals surface area contributed by atoms with Gasteiger partial charge >= 0.3 is 0 Å². The van der Waals surface area contributed by atoms with Crippen molar-refractivity contribution in [3.05, 3.63) is 0 Å². The molecule has 0 aliphatic heterocycles. The van der Waals surface area contributed by atoms with E-state index in [1.54, 1.807) is 0 Å². The summed E-state index contributed by atoms with van der Waals surface area (Å²) in [5.41, 5.74) is 0. The average molecular weight is 105 g/mol. The van der Waals surface area contributed by atoms with Crippen molar-refractivity contribution in [3.63, 3.8) is 0 Å². The zero-order valence-corrected chi connectivity index (χ0v) is 3.65. The van der Waals surface area contributed by atoms with E-state index < -0.39 is 7.84 Å². The van der Waals surface area contributed by atoms with E-state index in [2.05, 4.69) is 10.9 Å². The Balaban J connectivity index is 3.73. The SMILES string of the molecule is C#P(F)N=C=O. The first-order chi connectivity index (χ1) is 2.77. The molecule has 0 spiro atoms. The van der Waals surface area contributed by atoms with Gasteiger partial charge in [-0.3, -0.25) is 0 Å². The molecule has 0 N–H and O–H groups in total. The lowest BCUT2D eigenvalue weighted by Gasteiger charge is -1.59. The largest absolute Gasteiger partial charge is 0.246 e. The summed E-state index contributed by atoms with van der Waals surface area (Å²) in [6.07, 6.45) is 5.34. The van der Waals surface area contributed by atoms with Crippen molar-refractivity contribution in [3.8, 4) is 6.13 Å². The predicted molar refractivity (Wildman–Crippen MR) is 21.1 cm³/mol. The van der Waals surface area contributed by atoms with E-state index in [0.29, 0.717) is 0 Å². The predicted octanol–water partition coefficient (Wildman–Crippen LogP) is 1.19. The molecule has 0 saturated heterocycles. The number of carbonyl (C=O) groups excluding carboxylic acids is 1. The van der Waals surface area contributed by atoms with Crippen LogP contribution in [0.15, 0.2) is 4.76 Å². The van der Waals surface area contributed by atoms with Gasteiger partial charge < -0.3 is 0 Å². The number of nitrogens with zero attached hydrogens (tertiary/aromatic N) is 1. The van der Waals surface area contributed by atoms with E-state index in [9.17, 15) is 4.20 Å². The first kappa shape index (κ1) is 5.39. The molecular weight excluding hydrogens is 104 g/mol. The molecule has 0 aromatic carbocycles. The topological polar surface area (TPSA) is 29.4 Å². The van der Waals surface area contributed by atoms with Gasteiger partial charge in [-0.15, -0.1) is 4.76 Å². The van der Waals surface area contributed by atoms with Gasteiger partial charge in [-0.1, -0.05) is 6.13 Å². The number of isocyanates is 1. The lowest BCUT2D eigenvalue weighted by Crippen LogP contribution is -1.33. The third-order valence-corrected chi connectivity index (χ3v) is 0.409. The summed E-state index contributed by atoms with van der Waals surface area (Å²) in [7, 11) is -2.40. The zero-order chi connectivity index (χ0) is 4.99. The molecule has 0 rings (SSSR count). The van der Waals surface area contributed by atoms with Crippen molar-refractivity contribution in [2.24, 2.45) is 4.76 Å². The Morgan fingerprint density at radius 3 is 2.50 bits per heavy atom. The van der Waals surface area contributed by atoms with Gasteiger partial charge in [-0.05, 0) is 0 Å².